The molecule has 0 aromatic carbocycles. The topological polar surface area (TPSA) is 93.1 Å². The van der Waals surface area contributed by atoms with Crippen molar-refractivity contribution in [1.82, 2.24) is 0 Å². The van der Waals surface area contributed by atoms with Crippen LogP contribution in [0.15, 0.2) is 12.2 Å². The molecule has 2 N–H and O–H groups in total. The van der Waals surface area contributed by atoms with E-state index in [0.717, 1.165) is 6.42 Å². The third-order valence-corrected chi connectivity index (χ3v) is 8.42. The standard InChI is InChI=1S/C20H26O6/c1-10-11-4-5-12-18(6-11,15(10)22)16(23)26-20(24)14(21)7-17(2,3)13-8-25-9-19(12,13)20/h11-14,21,24H,1,4-9H2,2-3H3. The number of allylic oxidation sites excluding steroid dienone is 1. The predicted molar refractivity (Wildman–Crippen MR) is 89.6 cm³/mol. The smallest absolute Gasteiger partial charge is 0.322 e. The summed E-state index contributed by atoms with van der Waals surface area (Å²) in [5, 5.41) is 22.4. The molecular weight excluding hydrogens is 336 g/mol. The number of ketones is 1. The fourth-order valence-electron chi connectivity index (χ4n) is 7.23. The highest BCUT2D eigenvalue weighted by Crippen LogP contribution is 2.72. The minimum Gasteiger partial charge on any atom is -0.429 e. The molecule has 0 aromatic rings. The minimum atomic E-state index is -2.01. The first kappa shape index (κ1) is 16.9. The van der Waals surface area contributed by atoms with E-state index < -0.39 is 34.6 Å². The van der Waals surface area contributed by atoms with Crippen LogP contribution in [-0.2, 0) is 19.1 Å². The lowest BCUT2D eigenvalue weighted by molar-refractivity contribution is -0.377. The Kier molecular flexibility index (Phi) is 2.99. The fourth-order valence-corrected chi connectivity index (χ4v) is 7.23. The first-order valence-electron chi connectivity index (χ1n) is 9.56. The van der Waals surface area contributed by atoms with Gasteiger partial charge in [0.1, 0.15) is 11.5 Å². The summed E-state index contributed by atoms with van der Waals surface area (Å²) in [7, 11) is 0. The maximum absolute atomic E-state index is 13.2. The van der Waals surface area contributed by atoms with Crippen LogP contribution in [0.4, 0.5) is 0 Å². The van der Waals surface area contributed by atoms with Gasteiger partial charge in [-0.25, -0.2) is 0 Å². The predicted octanol–water partition coefficient (Wildman–Crippen LogP) is 1.20. The number of esters is 1. The maximum Gasteiger partial charge on any atom is 0.322 e. The van der Waals surface area contributed by atoms with E-state index in [2.05, 4.69) is 20.4 Å². The molecule has 2 bridgehead atoms. The molecule has 26 heavy (non-hydrogen) atoms. The van der Waals surface area contributed by atoms with Gasteiger partial charge in [-0.2, -0.15) is 0 Å². The summed E-state index contributed by atoms with van der Waals surface area (Å²) in [4.78, 5) is 26.3. The summed E-state index contributed by atoms with van der Waals surface area (Å²) in [6.07, 6.45) is 0.931. The number of carbonyl (C=O) groups excluding carboxylic acids is 2. The molecule has 7 unspecified atom stereocenters. The lowest BCUT2D eigenvalue weighted by Crippen LogP contribution is -2.77. The molecule has 7 atom stereocenters. The second kappa shape index (κ2) is 4.59. The van der Waals surface area contributed by atoms with Gasteiger partial charge >= 0.3 is 5.97 Å². The van der Waals surface area contributed by atoms with E-state index in [1.807, 2.05) is 0 Å². The summed E-state index contributed by atoms with van der Waals surface area (Å²) in [6, 6.07) is 0. The molecule has 5 rings (SSSR count). The van der Waals surface area contributed by atoms with Crippen LogP contribution in [-0.4, -0.2) is 47.1 Å². The first-order chi connectivity index (χ1) is 12.1. The van der Waals surface area contributed by atoms with E-state index in [0.29, 0.717) is 31.4 Å². The molecule has 3 saturated carbocycles. The Bertz CT molecular complexity index is 743. The van der Waals surface area contributed by atoms with Crippen LogP contribution in [0.3, 0.4) is 0 Å². The molecule has 0 radical (unpaired) electrons. The Labute approximate surface area is 152 Å². The van der Waals surface area contributed by atoms with Crippen LogP contribution >= 0.6 is 0 Å². The largest absolute Gasteiger partial charge is 0.429 e. The summed E-state index contributed by atoms with van der Waals surface area (Å²) in [5.41, 5.74) is -2.03. The quantitative estimate of drug-likeness (QED) is 0.382. The zero-order valence-electron chi connectivity index (χ0n) is 15.3. The van der Waals surface area contributed by atoms with E-state index in [9.17, 15) is 19.8 Å². The van der Waals surface area contributed by atoms with Gasteiger partial charge in [0.05, 0.1) is 18.6 Å². The molecule has 5 fully saturated rings. The number of hydrogen-bond donors (Lipinski definition) is 2. The second-order valence-corrected chi connectivity index (χ2v) is 9.76. The molecule has 2 saturated heterocycles. The zero-order chi connectivity index (χ0) is 18.7. The van der Waals surface area contributed by atoms with Gasteiger partial charge in [-0.15, -0.1) is 0 Å². The van der Waals surface area contributed by atoms with Crippen LogP contribution in [0, 0.1) is 34.0 Å². The number of aliphatic hydroxyl groups is 2. The van der Waals surface area contributed by atoms with E-state index in [1.54, 1.807) is 0 Å². The Balaban J connectivity index is 1.76. The summed E-state index contributed by atoms with van der Waals surface area (Å²) in [6.45, 7) is 8.69. The number of hydrogen-bond acceptors (Lipinski definition) is 6. The summed E-state index contributed by atoms with van der Waals surface area (Å²) < 4.78 is 11.5. The zero-order valence-corrected chi connectivity index (χ0v) is 15.3. The average molecular weight is 362 g/mol. The molecule has 2 aliphatic heterocycles. The van der Waals surface area contributed by atoms with Crippen molar-refractivity contribution in [3.63, 3.8) is 0 Å². The number of ether oxygens (including phenoxy) is 2. The highest BCUT2D eigenvalue weighted by molar-refractivity contribution is 6.15. The van der Waals surface area contributed by atoms with Crippen molar-refractivity contribution in [1.29, 1.82) is 0 Å². The van der Waals surface area contributed by atoms with Crippen LogP contribution in [0.5, 0.6) is 0 Å². The Morgan fingerprint density at radius 2 is 1.88 bits per heavy atom. The normalized spacial score (nSPS) is 54.4. The highest BCUT2D eigenvalue weighted by Gasteiger charge is 2.82. The molecule has 142 valence electrons. The van der Waals surface area contributed by atoms with Gasteiger partial charge in [-0.1, -0.05) is 20.4 Å². The minimum absolute atomic E-state index is 0.0104. The molecule has 0 aromatic heterocycles. The Morgan fingerprint density at radius 1 is 1.15 bits per heavy atom. The first-order valence-corrected chi connectivity index (χ1v) is 9.56. The number of fused-ring (bicyclic) bond motifs is 1. The van der Waals surface area contributed by atoms with E-state index in [4.69, 9.17) is 9.47 Å². The van der Waals surface area contributed by atoms with Gasteiger partial charge in [0.15, 0.2) is 5.78 Å². The summed E-state index contributed by atoms with van der Waals surface area (Å²) in [5.74, 6) is -3.41. The number of carbonyl (C=O) groups is 2. The van der Waals surface area contributed by atoms with Gasteiger partial charge in [-0.3, -0.25) is 9.59 Å². The van der Waals surface area contributed by atoms with Gasteiger partial charge in [0.2, 0.25) is 5.79 Å². The van der Waals surface area contributed by atoms with E-state index in [-0.39, 0.29) is 29.6 Å². The maximum atomic E-state index is 13.2. The van der Waals surface area contributed by atoms with Crippen LogP contribution < -0.4 is 0 Å². The van der Waals surface area contributed by atoms with Crippen molar-refractivity contribution < 1.29 is 29.3 Å². The van der Waals surface area contributed by atoms with E-state index in [1.165, 1.54) is 0 Å². The average Bonchev–Trinajstić information content (AvgIpc) is 3.10. The van der Waals surface area contributed by atoms with E-state index >= 15 is 0 Å². The van der Waals surface area contributed by atoms with Crippen LogP contribution in [0.25, 0.3) is 0 Å². The molecule has 2 heterocycles. The lowest BCUT2D eigenvalue weighted by atomic mass is 9.42. The highest BCUT2D eigenvalue weighted by atomic mass is 16.7. The lowest BCUT2D eigenvalue weighted by Gasteiger charge is -2.65. The number of rotatable bonds is 0. The molecule has 3 aliphatic carbocycles. The fraction of sp³-hybridized carbons (Fsp3) is 0.800. The Hall–Kier alpha value is -1.24. The van der Waals surface area contributed by atoms with Gasteiger partial charge in [0.25, 0.3) is 0 Å². The Morgan fingerprint density at radius 3 is 2.62 bits per heavy atom. The third kappa shape index (κ3) is 1.50. The van der Waals surface area contributed by atoms with Crippen molar-refractivity contribution in [2.45, 2.75) is 51.4 Å². The summed E-state index contributed by atoms with van der Waals surface area (Å²) >= 11 is 0. The van der Waals surface area contributed by atoms with Gasteiger partial charge in [-0.05, 0) is 48.5 Å². The SMILES string of the molecule is C=C1C(=O)C23CC1CCC2C12COCC1C(C)(C)CC(O)C2(O)OC3=O. The molecule has 6 nitrogen and oxygen atoms in total. The molecule has 6 heteroatoms. The molecule has 5 aliphatic rings. The molecule has 2 spiro atoms. The molecule has 0 amide bonds. The third-order valence-electron chi connectivity index (χ3n) is 8.42. The van der Waals surface area contributed by atoms with Crippen LogP contribution in [0.1, 0.15) is 39.5 Å². The number of Topliss-reactive ketones (excluding diaryl/α,β-unsaturated/α-hetero) is 1. The number of aliphatic hydroxyl groups excluding tert-OH is 1. The van der Waals surface area contributed by atoms with Gasteiger partial charge < -0.3 is 19.7 Å². The van der Waals surface area contributed by atoms with Gasteiger partial charge in [0, 0.05) is 5.92 Å². The van der Waals surface area contributed by atoms with Crippen molar-refractivity contribution in [3.8, 4) is 0 Å². The molecular formula is C20H26O6. The van der Waals surface area contributed by atoms with Crippen molar-refractivity contribution in [2.24, 2.45) is 34.0 Å². The van der Waals surface area contributed by atoms with Crippen molar-refractivity contribution >= 4 is 11.8 Å². The van der Waals surface area contributed by atoms with Crippen molar-refractivity contribution in [2.75, 3.05) is 13.2 Å². The van der Waals surface area contributed by atoms with Crippen LogP contribution in [0.2, 0.25) is 0 Å². The monoisotopic (exact) mass is 362 g/mol. The van der Waals surface area contributed by atoms with Crippen molar-refractivity contribution in [3.05, 3.63) is 12.2 Å². The second-order valence-electron chi connectivity index (χ2n) is 9.76.